The van der Waals surface area contributed by atoms with Crippen molar-refractivity contribution in [3.8, 4) is 5.75 Å². The molecule has 2 N–H and O–H groups in total. The summed E-state index contributed by atoms with van der Waals surface area (Å²) in [5.41, 5.74) is 2.68. The van der Waals surface area contributed by atoms with Crippen LogP contribution < -0.4 is 5.48 Å². The maximum Gasteiger partial charge on any atom is 0.329 e. The molecule has 1 aromatic rings. The molecule has 0 saturated heterocycles. The van der Waals surface area contributed by atoms with Crippen LogP contribution in [0.4, 0.5) is 5.69 Å². The van der Waals surface area contributed by atoms with Gasteiger partial charge in [-0.25, -0.2) is 5.48 Å². The smallest absolute Gasteiger partial charge is 0.329 e. The Balaban J connectivity index is 2.63. The third-order valence-electron chi connectivity index (χ3n) is 1.21. The van der Waals surface area contributed by atoms with Crippen molar-refractivity contribution in [3.05, 3.63) is 24.3 Å². The first-order valence-electron chi connectivity index (χ1n) is 3.41. The fourth-order valence-corrected chi connectivity index (χ4v) is 0.687. The highest BCUT2D eigenvalue weighted by Gasteiger charge is 1.99. The number of carbonyl (C=O) groups excluding carboxylic acids is 1. The van der Waals surface area contributed by atoms with E-state index in [4.69, 9.17) is 5.11 Å². The molecule has 4 nitrogen and oxygen atoms in total. The molecule has 0 aliphatic heterocycles. The highest BCUT2D eigenvalue weighted by atomic mass is 16.7. The Bertz CT molecular complexity index is 285. The Kier molecular flexibility index (Phi) is 2.53. The van der Waals surface area contributed by atoms with E-state index in [1.807, 2.05) is 0 Å². The van der Waals surface area contributed by atoms with Crippen LogP contribution in [0.3, 0.4) is 0 Å². The van der Waals surface area contributed by atoms with Crippen molar-refractivity contribution >= 4 is 11.7 Å². The third kappa shape index (κ3) is 2.16. The number of phenolic OH excluding ortho intramolecular Hbond substituents is 1. The van der Waals surface area contributed by atoms with Gasteiger partial charge in [-0.1, -0.05) is 12.1 Å². The maximum absolute atomic E-state index is 10.4. The van der Waals surface area contributed by atoms with Gasteiger partial charge in [-0.15, -0.1) is 0 Å². The van der Waals surface area contributed by atoms with E-state index < -0.39 is 5.97 Å². The standard InChI is InChI=1S/C8H9NO3/c1-6(10)12-9-7-4-2-3-5-8(7)11/h2-5,9,11H,1H3. The molecule has 1 rings (SSSR count). The third-order valence-corrected chi connectivity index (χ3v) is 1.21. The zero-order valence-electron chi connectivity index (χ0n) is 6.57. The minimum Gasteiger partial charge on any atom is -0.506 e. The van der Waals surface area contributed by atoms with E-state index in [9.17, 15) is 4.79 Å². The number of hydrogen-bond acceptors (Lipinski definition) is 4. The van der Waals surface area contributed by atoms with Crippen LogP contribution in [0, 0.1) is 0 Å². The molecule has 12 heavy (non-hydrogen) atoms. The Morgan fingerprint density at radius 2 is 2.17 bits per heavy atom. The quantitative estimate of drug-likeness (QED) is 0.514. The average molecular weight is 167 g/mol. The second-order valence-electron chi connectivity index (χ2n) is 2.21. The Morgan fingerprint density at radius 1 is 1.50 bits per heavy atom. The zero-order valence-corrected chi connectivity index (χ0v) is 6.57. The number of carbonyl (C=O) groups is 1. The number of hydrogen-bond donors (Lipinski definition) is 2. The van der Waals surface area contributed by atoms with Gasteiger partial charge in [0.05, 0.1) is 0 Å². The van der Waals surface area contributed by atoms with Crippen LogP contribution in [0.2, 0.25) is 0 Å². The monoisotopic (exact) mass is 167 g/mol. The number of rotatable bonds is 2. The minimum atomic E-state index is -0.460. The molecule has 0 atom stereocenters. The van der Waals surface area contributed by atoms with Crippen LogP contribution in [0.25, 0.3) is 0 Å². The van der Waals surface area contributed by atoms with Gasteiger partial charge in [-0.05, 0) is 12.1 Å². The summed E-state index contributed by atoms with van der Waals surface area (Å²) >= 11 is 0. The van der Waals surface area contributed by atoms with Crippen molar-refractivity contribution < 1.29 is 14.7 Å². The van der Waals surface area contributed by atoms with Gasteiger partial charge >= 0.3 is 5.97 Å². The lowest BCUT2D eigenvalue weighted by Gasteiger charge is -2.05. The summed E-state index contributed by atoms with van der Waals surface area (Å²) in [4.78, 5) is 14.8. The number of nitrogens with one attached hydrogen (secondary N) is 1. The maximum atomic E-state index is 10.4. The van der Waals surface area contributed by atoms with Gasteiger partial charge in [0.1, 0.15) is 11.4 Å². The molecule has 0 fully saturated rings. The molecule has 1 aromatic carbocycles. The normalized spacial score (nSPS) is 9.08. The van der Waals surface area contributed by atoms with E-state index in [2.05, 4.69) is 10.3 Å². The first kappa shape index (κ1) is 8.39. The molecule has 0 aliphatic rings. The summed E-state index contributed by atoms with van der Waals surface area (Å²) in [6, 6.07) is 6.48. The van der Waals surface area contributed by atoms with E-state index in [0.717, 1.165) is 0 Å². The predicted molar refractivity (Wildman–Crippen MR) is 43.5 cm³/mol. The Labute approximate surface area is 69.7 Å². The molecular weight excluding hydrogens is 158 g/mol. The number of aromatic hydroxyl groups is 1. The molecular formula is C8H9NO3. The van der Waals surface area contributed by atoms with Crippen molar-refractivity contribution in [2.75, 3.05) is 5.48 Å². The van der Waals surface area contributed by atoms with Gasteiger partial charge in [-0.3, -0.25) is 4.79 Å². The average Bonchev–Trinajstić information content (AvgIpc) is 2.03. The summed E-state index contributed by atoms with van der Waals surface area (Å²) in [6.45, 7) is 1.27. The van der Waals surface area contributed by atoms with Crippen LogP contribution in [-0.2, 0) is 9.63 Å². The molecule has 0 saturated carbocycles. The first-order valence-corrected chi connectivity index (χ1v) is 3.41. The summed E-state index contributed by atoms with van der Waals surface area (Å²) in [5, 5.41) is 9.17. The largest absolute Gasteiger partial charge is 0.506 e. The molecule has 0 aromatic heterocycles. The number of anilines is 1. The summed E-state index contributed by atoms with van der Waals surface area (Å²) in [7, 11) is 0. The van der Waals surface area contributed by atoms with Crippen molar-refractivity contribution in [1.29, 1.82) is 0 Å². The second-order valence-corrected chi connectivity index (χ2v) is 2.21. The fraction of sp³-hybridized carbons (Fsp3) is 0.125. The van der Waals surface area contributed by atoms with E-state index in [1.54, 1.807) is 18.2 Å². The molecule has 0 bridgehead atoms. The van der Waals surface area contributed by atoms with Gasteiger partial charge in [0.25, 0.3) is 0 Å². The number of phenols is 1. The van der Waals surface area contributed by atoms with Gasteiger partial charge in [0.2, 0.25) is 0 Å². The second kappa shape index (κ2) is 3.61. The van der Waals surface area contributed by atoms with Crippen molar-refractivity contribution in [2.45, 2.75) is 6.92 Å². The lowest BCUT2D eigenvalue weighted by Crippen LogP contribution is -2.05. The molecule has 0 heterocycles. The van der Waals surface area contributed by atoms with Crippen LogP contribution in [0.1, 0.15) is 6.92 Å². The zero-order chi connectivity index (χ0) is 8.97. The molecule has 4 heteroatoms. The van der Waals surface area contributed by atoms with Crippen LogP contribution in [0.15, 0.2) is 24.3 Å². The number of benzene rings is 1. The van der Waals surface area contributed by atoms with Crippen LogP contribution in [0.5, 0.6) is 5.75 Å². The lowest BCUT2D eigenvalue weighted by molar-refractivity contribution is -0.138. The van der Waals surface area contributed by atoms with Crippen LogP contribution in [-0.4, -0.2) is 11.1 Å². The summed E-state index contributed by atoms with van der Waals surface area (Å²) in [5.74, 6) is -0.419. The minimum absolute atomic E-state index is 0.0405. The molecule has 0 amide bonds. The van der Waals surface area contributed by atoms with Crippen LogP contribution >= 0.6 is 0 Å². The molecule has 0 unspecified atom stereocenters. The van der Waals surface area contributed by atoms with E-state index in [-0.39, 0.29) is 5.75 Å². The molecule has 0 spiro atoms. The van der Waals surface area contributed by atoms with Gasteiger partial charge in [0, 0.05) is 6.92 Å². The van der Waals surface area contributed by atoms with E-state index in [0.29, 0.717) is 5.69 Å². The predicted octanol–water partition coefficient (Wildman–Crippen LogP) is 1.28. The SMILES string of the molecule is CC(=O)ONc1ccccc1O. The number of para-hydroxylation sites is 2. The molecule has 64 valence electrons. The first-order chi connectivity index (χ1) is 5.70. The Morgan fingerprint density at radius 3 is 2.75 bits per heavy atom. The summed E-state index contributed by atoms with van der Waals surface area (Å²) in [6.07, 6.45) is 0. The topological polar surface area (TPSA) is 58.6 Å². The van der Waals surface area contributed by atoms with Crippen molar-refractivity contribution in [3.63, 3.8) is 0 Å². The summed E-state index contributed by atoms with van der Waals surface area (Å²) < 4.78 is 0. The highest BCUT2D eigenvalue weighted by molar-refractivity contribution is 5.68. The molecule has 0 radical (unpaired) electrons. The van der Waals surface area contributed by atoms with Crippen molar-refractivity contribution in [2.24, 2.45) is 0 Å². The van der Waals surface area contributed by atoms with Gasteiger partial charge in [0.15, 0.2) is 0 Å². The van der Waals surface area contributed by atoms with Gasteiger partial charge in [-0.2, -0.15) is 0 Å². The van der Waals surface area contributed by atoms with Crippen molar-refractivity contribution in [1.82, 2.24) is 0 Å². The lowest BCUT2D eigenvalue weighted by atomic mass is 10.3. The van der Waals surface area contributed by atoms with Gasteiger partial charge < -0.3 is 9.94 Å². The highest BCUT2D eigenvalue weighted by Crippen LogP contribution is 2.20. The van der Waals surface area contributed by atoms with E-state index in [1.165, 1.54) is 13.0 Å². The fourth-order valence-electron chi connectivity index (χ4n) is 0.687. The Hall–Kier alpha value is -1.71. The van der Waals surface area contributed by atoms with E-state index >= 15 is 0 Å². The molecule has 0 aliphatic carbocycles.